The van der Waals surface area contributed by atoms with E-state index in [0.29, 0.717) is 19.6 Å². The normalized spacial score (nSPS) is 26.4. The molecule has 0 aliphatic carbocycles. The molecule has 25 heavy (non-hydrogen) atoms. The Balaban J connectivity index is 1.68. The van der Waals surface area contributed by atoms with Gasteiger partial charge in [-0.05, 0) is 19.9 Å². The lowest BCUT2D eigenvalue weighted by molar-refractivity contribution is -0.131. The van der Waals surface area contributed by atoms with Crippen molar-refractivity contribution in [3.05, 3.63) is 18.2 Å². The van der Waals surface area contributed by atoms with Gasteiger partial charge in [-0.1, -0.05) is 0 Å². The molecular weight excluding hydrogens is 318 g/mol. The molecule has 0 N–H and O–H groups in total. The molecule has 0 bridgehead atoms. The van der Waals surface area contributed by atoms with Gasteiger partial charge in [0.1, 0.15) is 5.82 Å². The fourth-order valence-electron chi connectivity index (χ4n) is 4.10. The van der Waals surface area contributed by atoms with Crippen molar-refractivity contribution in [2.45, 2.75) is 31.3 Å². The number of carbonyl (C=O) groups excluding carboxylic acids is 1. The van der Waals surface area contributed by atoms with E-state index in [0.717, 1.165) is 51.4 Å². The van der Waals surface area contributed by atoms with Gasteiger partial charge in [0.25, 0.3) is 0 Å². The molecule has 140 valence electrons. The minimum absolute atomic E-state index is 0.0842. The molecule has 0 saturated carbocycles. The molecule has 0 aromatic carbocycles. The van der Waals surface area contributed by atoms with Gasteiger partial charge in [0.05, 0.1) is 13.2 Å². The summed E-state index contributed by atoms with van der Waals surface area (Å²) in [4.78, 5) is 23.9. The smallest absolute Gasteiger partial charge is 0.222 e. The summed E-state index contributed by atoms with van der Waals surface area (Å²) in [5.74, 6) is 1.37. The van der Waals surface area contributed by atoms with Gasteiger partial charge in [-0.3, -0.25) is 14.6 Å². The maximum absolute atomic E-state index is 12.5. The van der Waals surface area contributed by atoms with E-state index in [1.54, 1.807) is 7.11 Å². The average Bonchev–Trinajstić information content (AvgIpc) is 2.93. The summed E-state index contributed by atoms with van der Waals surface area (Å²) in [7, 11) is 5.95. The van der Waals surface area contributed by atoms with Crippen LogP contribution < -0.4 is 0 Å². The Morgan fingerprint density at radius 1 is 1.24 bits per heavy atom. The van der Waals surface area contributed by atoms with Crippen molar-refractivity contribution in [2.24, 2.45) is 7.05 Å². The molecule has 7 nitrogen and oxygen atoms in total. The van der Waals surface area contributed by atoms with Crippen LogP contribution in [0.15, 0.2) is 12.4 Å². The summed E-state index contributed by atoms with van der Waals surface area (Å²) in [5, 5.41) is 0. The summed E-state index contributed by atoms with van der Waals surface area (Å²) < 4.78 is 7.25. The number of likely N-dealkylation sites (N-methyl/N-ethyl adjacent to an activating group) is 1. The molecule has 7 heteroatoms. The van der Waals surface area contributed by atoms with Crippen LogP contribution in [0.1, 0.15) is 25.1 Å². The van der Waals surface area contributed by atoms with Crippen LogP contribution in [-0.2, 0) is 23.1 Å². The van der Waals surface area contributed by atoms with Crippen LogP contribution >= 0.6 is 0 Å². The molecule has 1 spiro atoms. The summed E-state index contributed by atoms with van der Waals surface area (Å²) in [5.41, 5.74) is 0.0842. The molecule has 2 saturated heterocycles. The number of likely N-dealkylation sites (tertiary alicyclic amines) is 1. The number of aryl methyl sites for hydroxylation is 1. The van der Waals surface area contributed by atoms with Crippen molar-refractivity contribution >= 4 is 5.91 Å². The maximum atomic E-state index is 12.5. The Hall–Kier alpha value is -1.44. The van der Waals surface area contributed by atoms with E-state index in [4.69, 9.17) is 4.74 Å². The third-order valence-corrected chi connectivity index (χ3v) is 5.93. The van der Waals surface area contributed by atoms with Gasteiger partial charge < -0.3 is 14.2 Å². The van der Waals surface area contributed by atoms with Gasteiger partial charge >= 0.3 is 0 Å². The standard InChI is InChI=1S/C18H31N5O2/c1-20-9-7-19-16(20)14-22-11-10-21(2)18(15-22)5-4-17(24)23(8-6-18)12-13-25-3/h7,9H,4-6,8,10-15H2,1-3H3/t18-/m0/s1. The number of hydrogen-bond donors (Lipinski definition) is 0. The van der Waals surface area contributed by atoms with E-state index >= 15 is 0 Å². The van der Waals surface area contributed by atoms with Crippen LogP contribution in [0.4, 0.5) is 0 Å². The second kappa shape index (κ2) is 7.85. The number of nitrogens with zero attached hydrogens (tertiary/aromatic N) is 5. The molecule has 3 rings (SSSR count). The number of methoxy groups -OCH3 is 1. The Kier molecular flexibility index (Phi) is 5.76. The highest BCUT2D eigenvalue weighted by Crippen LogP contribution is 2.32. The topological polar surface area (TPSA) is 53.8 Å². The van der Waals surface area contributed by atoms with Gasteiger partial charge in [0.2, 0.25) is 5.91 Å². The highest BCUT2D eigenvalue weighted by Gasteiger charge is 2.42. The van der Waals surface area contributed by atoms with Gasteiger partial charge in [-0.2, -0.15) is 0 Å². The fraction of sp³-hybridized carbons (Fsp3) is 0.778. The largest absolute Gasteiger partial charge is 0.383 e. The van der Waals surface area contributed by atoms with Crippen LogP contribution in [0.25, 0.3) is 0 Å². The third kappa shape index (κ3) is 4.04. The molecule has 1 aromatic heterocycles. The first kappa shape index (κ1) is 18.4. The van der Waals surface area contributed by atoms with Crippen LogP contribution in [0, 0.1) is 0 Å². The minimum atomic E-state index is 0.0842. The highest BCUT2D eigenvalue weighted by molar-refractivity contribution is 5.76. The van der Waals surface area contributed by atoms with E-state index < -0.39 is 0 Å². The molecule has 3 heterocycles. The lowest BCUT2D eigenvalue weighted by Gasteiger charge is -2.49. The summed E-state index contributed by atoms with van der Waals surface area (Å²) in [6.45, 7) is 6.10. The number of ether oxygens (including phenoxy) is 1. The number of aromatic nitrogens is 2. The molecule has 1 aromatic rings. The van der Waals surface area contributed by atoms with E-state index in [2.05, 4.69) is 26.4 Å². The van der Waals surface area contributed by atoms with E-state index in [1.165, 1.54) is 0 Å². The van der Waals surface area contributed by atoms with Crippen molar-refractivity contribution in [1.82, 2.24) is 24.3 Å². The zero-order valence-corrected chi connectivity index (χ0v) is 15.8. The second-order valence-electron chi connectivity index (χ2n) is 7.43. The maximum Gasteiger partial charge on any atom is 0.222 e. The molecular formula is C18H31N5O2. The predicted molar refractivity (Wildman–Crippen MR) is 96.2 cm³/mol. The third-order valence-electron chi connectivity index (χ3n) is 5.93. The number of hydrogen-bond acceptors (Lipinski definition) is 5. The monoisotopic (exact) mass is 349 g/mol. The molecule has 0 radical (unpaired) electrons. The number of piperazine rings is 1. The van der Waals surface area contributed by atoms with E-state index in [1.807, 2.05) is 24.3 Å². The molecule has 2 aliphatic heterocycles. The Morgan fingerprint density at radius 2 is 2.08 bits per heavy atom. The summed E-state index contributed by atoms with van der Waals surface area (Å²) in [6.07, 6.45) is 6.45. The molecule has 1 amide bonds. The molecule has 1 atom stereocenters. The Bertz CT molecular complexity index is 590. The van der Waals surface area contributed by atoms with Crippen LogP contribution in [0.2, 0.25) is 0 Å². The number of amides is 1. The van der Waals surface area contributed by atoms with Crippen molar-refractivity contribution in [1.29, 1.82) is 0 Å². The van der Waals surface area contributed by atoms with Gasteiger partial charge in [0.15, 0.2) is 0 Å². The van der Waals surface area contributed by atoms with Crippen LogP contribution in [0.5, 0.6) is 0 Å². The zero-order chi connectivity index (χ0) is 17.9. The van der Waals surface area contributed by atoms with Gasteiger partial charge in [0, 0.05) is 71.2 Å². The number of carbonyl (C=O) groups is 1. The summed E-state index contributed by atoms with van der Waals surface area (Å²) in [6, 6.07) is 0. The predicted octanol–water partition coefficient (Wildman–Crippen LogP) is 0.565. The van der Waals surface area contributed by atoms with Gasteiger partial charge in [-0.25, -0.2) is 4.98 Å². The van der Waals surface area contributed by atoms with Gasteiger partial charge in [-0.15, -0.1) is 0 Å². The van der Waals surface area contributed by atoms with Crippen molar-refractivity contribution < 1.29 is 9.53 Å². The first-order valence-electron chi connectivity index (χ1n) is 9.20. The lowest BCUT2D eigenvalue weighted by atomic mass is 9.86. The van der Waals surface area contributed by atoms with E-state index in [9.17, 15) is 4.79 Å². The van der Waals surface area contributed by atoms with E-state index in [-0.39, 0.29) is 11.4 Å². The van der Waals surface area contributed by atoms with Crippen molar-refractivity contribution in [2.75, 3.05) is 53.5 Å². The number of imidazole rings is 1. The first-order valence-corrected chi connectivity index (χ1v) is 9.20. The first-order chi connectivity index (χ1) is 12.0. The highest BCUT2D eigenvalue weighted by atomic mass is 16.5. The van der Waals surface area contributed by atoms with Crippen LogP contribution in [0.3, 0.4) is 0 Å². The van der Waals surface area contributed by atoms with Crippen molar-refractivity contribution in [3.8, 4) is 0 Å². The van der Waals surface area contributed by atoms with Crippen molar-refractivity contribution in [3.63, 3.8) is 0 Å². The zero-order valence-electron chi connectivity index (χ0n) is 15.8. The fourth-order valence-corrected chi connectivity index (χ4v) is 4.10. The minimum Gasteiger partial charge on any atom is -0.383 e. The van der Waals surface area contributed by atoms with Crippen LogP contribution in [-0.4, -0.2) is 89.2 Å². The molecule has 2 fully saturated rings. The SMILES string of the molecule is COCCN1CC[C@@]2(CCC1=O)CN(Cc1nccn1C)CCN2C. The lowest BCUT2D eigenvalue weighted by Crippen LogP contribution is -2.60. The second-order valence-corrected chi connectivity index (χ2v) is 7.43. The molecule has 2 aliphatic rings. The molecule has 0 unspecified atom stereocenters. The Morgan fingerprint density at radius 3 is 2.80 bits per heavy atom. The quantitative estimate of drug-likeness (QED) is 0.778. The summed E-state index contributed by atoms with van der Waals surface area (Å²) >= 11 is 0. The Labute approximate surface area is 150 Å². The number of rotatable bonds is 5. The average molecular weight is 349 g/mol.